The molecule has 0 amide bonds. The largest absolute Gasteiger partial charge is 0.497 e. The summed E-state index contributed by atoms with van der Waals surface area (Å²) in [5.74, 6) is 4.18. The Morgan fingerprint density at radius 3 is 2.72 bits per heavy atom. The molecule has 5 nitrogen and oxygen atoms in total. The molecular formula is C20H26N4O. The van der Waals surface area contributed by atoms with Crippen molar-refractivity contribution < 1.29 is 4.74 Å². The number of ether oxygens (including phenoxy) is 1. The highest BCUT2D eigenvalue weighted by molar-refractivity contribution is 5.53. The van der Waals surface area contributed by atoms with Crippen LogP contribution in [0.4, 0.5) is 11.6 Å². The molecule has 5 heteroatoms. The van der Waals surface area contributed by atoms with Crippen molar-refractivity contribution in [1.29, 1.82) is 0 Å². The Kier molecular flexibility index (Phi) is 4.24. The van der Waals surface area contributed by atoms with Gasteiger partial charge >= 0.3 is 0 Å². The van der Waals surface area contributed by atoms with Crippen LogP contribution in [-0.4, -0.2) is 29.7 Å². The Bertz CT molecular complexity index is 770. The molecule has 1 saturated carbocycles. The highest BCUT2D eigenvalue weighted by atomic mass is 16.5. The maximum atomic E-state index is 5.35. The highest BCUT2D eigenvalue weighted by Gasteiger charge is 2.24. The monoisotopic (exact) mass is 338 g/mol. The Hall–Kier alpha value is -2.30. The van der Waals surface area contributed by atoms with Crippen molar-refractivity contribution in [3.8, 4) is 5.75 Å². The predicted molar refractivity (Wildman–Crippen MR) is 101 cm³/mol. The Labute approximate surface area is 149 Å². The molecule has 1 aromatic carbocycles. The standard InChI is InChI=1S/C20H26N4O/c1-13(2)20-22-18(21-16-5-6-16)11-19(23-20)24-9-8-14-10-17(25-3)7-4-15(14)12-24/h4,7,10-11,13,16H,5-6,8-9,12H2,1-3H3,(H,21,22,23). The summed E-state index contributed by atoms with van der Waals surface area (Å²) < 4.78 is 5.35. The van der Waals surface area contributed by atoms with Crippen molar-refractivity contribution in [1.82, 2.24) is 9.97 Å². The van der Waals surface area contributed by atoms with Crippen LogP contribution in [0.2, 0.25) is 0 Å². The lowest BCUT2D eigenvalue weighted by molar-refractivity contribution is 0.413. The van der Waals surface area contributed by atoms with Crippen molar-refractivity contribution >= 4 is 11.6 Å². The molecule has 2 heterocycles. The lowest BCUT2D eigenvalue weighted by Crippen LogP contribution is -2.31. The van der Waals surface area contributed by atoms with Crippen LogP contribution in [0.1, 0.15) is 49.6 Å². The molecule has 4 rings (SSSR count). The summed E-state index contributed by atoms with van der Waals surface area (Å²) in [6.45, 7) is 6.16. The lowest BCUT2D eigenvalue weighted by atomic mass is 9.99. The van der Waals surface area contributed by atoms with Crippen LogP contribution in [0.5, 0.6) is 5.75 Å². The fourth-order valence-corrected chi connectivity index (χ4v) is 3.24. The second-order valence-electron chi connectivity index (χ2n) is 7.35. The molecule has 0 radical (unpaired) electrons. The quantitative estimate of drug-likeness (QED) is 0.900. The SMILES string of the molecule is COc1ccc2c(c1)CCN(c1cc(NC3CC3)nc(C(C)C)n1)C2. The van der Waals surface area contributed by atoms with E-state index >= 15 is 0 Å². The first kappa shape index (κ1) is 16.2. The molecule has 132 valence electrons. The third-order valence-electron chi connectivity index (χ3n) is 4.93. The van der Waals surface area contributed by atoms with Gasteiger partial charge in [0, 0.05) is 31.1 Å². The lowest BCUT2D eigenvalue weighted by Gasteiger charge is -2.30. The molecule has 0 unspecified atom stereocenters. The van der Waals surface area contributed by atoms with Gasteiger partial charge in [-0.15, -0.1) is 0 Å². The molecule has 25 heavy (non-hydrogen) atoms. The summed E-state index contributed by atoms with van der Waals surface area (Å²) in [5.41, 5.74) is 2.73. The maximum absolute atomic E-state index is 5.35. The van der Waals surface area contributed by atoms with Gasteiger partial charge < -0.3 is 15.0 Å². The Morgan fingerprint density at radius 2 is 2.00 bits per heavy atom. The molecule has 0 bridgehead atoms. The van der Waals surface area contributed by atoms with Crippen LogP contribution in [0.3, 0.4) is 0 Å². The number of methoxy groups -OCH3 is 1. The van der Waals surface area contributed by atoms with Crippen LogP contribution in [0.25, 0.3) is 0 Å². The second kappa shape index (κ2) is 6.54. The van der Waals surface area contributed by atoms with Crippen LogP contribution in [-0.2, 0) is 13.0 Å². The van der Waals surface area contributed by atoms with Gasteiger partial charge in [-0.2, -0.15) is 0 Å². The van der Waals surface area contributed by atoms with Gasteiger partial charge in [0.1, 0.15) is 23.2 Å². The number of benzene rings is 1. The van der Waals surface area contributed by atoms with Crippen molar-refractivity contribution in [3.63, 3.8) is 0 Å². The van der Waals surface area contributed by atoms with Gasteiger partial charge in [0.15, 0.2) is 0 Å². The van der Waals surface area contributed by atoms with Crippen LogP contribution < -0.4 is 15.0 Å². The molecule has 0 atom stereocenters. The minimum Gasteiger partial charge on any atom is -0.497 e. The molecule has 1 aliphatic heterocycles. The fourth-order valence-electron chi connectivity index (χ4n) is 3.24. The average Bonchev–Trinajstić information content (AvgIpc) is 3.44. The van der Waals surface area contributed by atoms with Crippen LogP contribution in [0, 0.1) is 0 Å². The smallest absolute Gasteiger partial charge is 0.135 e. The van der Waals surface area contributed by atoms with E-state index in [0.29, 0.717) is 12.0 Å². The number of hydrogen-bond acceptors (Lipinski definition) is 5. The molecule has 1 aromatic heterocycles. The van der Waals surface area contributed by atoms with E-state index in [1.54, 1.807) is 7.11 Å². The maximum Gasteiger partial charge on any atom is 0.135 e. The zero-order valence-corrected chi connectivity index (χ0v) is 15.2. The minimum atomic E-state index is 0.320. The highest BCUT2D eigenvalue weighted by Crippen LogP contribution is 2.30. The van der Waals surface area contributed by atoms with Gasteiger partial charge in [-0.3, -0.25) is 0 Å². The first-order chi connectivity index (χ1) is 12.1. The van der Waals surface area contributed by atoms with E-state index in [-0.39, 0.29) is 0 Å². The van der Waals surface area contributed by atoms with Crippen molar-refractivity contribution in [2.45, 2.75) is 51.6 Å². The molecule has 1 fully saturated rings. The van der Waals surface area contributed by atoms with Crippen LogP contribution in [0.15, 0.2) is 24.3 Å². The molecule has 2 aromatic rings. The summed E-state index contributed by atoms with van der Waals surface area (Å²) in [7, 11) is 1.72. The number of nitrogens with zero attached hydrogens (tertiary/aromatic N) is 3. The molecule has 0 saturated heterocycles. The van der Waals surface area contributed by atoms with E-state index in [0.717, 1.165) is 42.7 Å². The molecule has 2 aliphatic rings. The van der Waals surface area contributed by atoms with Crippen molar-refractivity contribution in [3.05, 3.63) is 41.2 Å². The first-order valence-electron chi connectivity index (χ1n) is 9.18. The summed E-state index contributed by atoms with van der Waals surface area (Å²) in [6, 6.07) is 9.08. The normalized spacial score (nSPS) is 16.7. The molecule has 1 N–H and O–H groups in total. The Morgan fingerprint density at radius 1 is 1.16 bits per heavy atom. The van der Waals surface area contributed by atoms with Crippen molar-refractivity contribution in [2.75, 3.05) is 23.9 Å². The summed E-state index contributed by atoms with van der Waals surface area (Å²) in [6.07, 6.45) is 3.50. The van der Waals surface area contributed by atoms with E-state index in [1.807, 2.05) is 6.07 Å². The van der Waals surface area contributed by atoms with E-state index in [9.17, 15) is 0 Å². The summed E-state index contributed by atoms with van der Waals surface area (Å²) in [4.78, 5) is 11.9. The second-order valence-corrected chi connectivity index (χ2v) is 7.35. The van der Waals surface area contributed by atoms with E-state index in [4.69, 9.17) is 14.7 Å². The predicted octanol–water partition coefficient (Wildman–Crippen LogP) is 3.75. The van der Waals surface area contributed by atoms with Gasteiger partial charge in [-0.25, -0.2) is 9.97 Å². The van der Waals surface area contributed by atoms with Gasteiger partial charge in [-0.05, 0) is 42.5 Å². The fraction of sp³-hybridized carbons (Fsp3) is 0.500. The minimum absolute atomic E-state index is 0.320. The van der Waals surface area contributed by atoms with Gasteiger partial charge in [0.05, 0.1) is 7.11 Å². The van der Waals surface area contributed by atoms with E-state index < -0.39 is 0 Å². The number of aromatic nitrogens is 2. The van der Waals surface area contributed by atoms with E-state index in [1.165, 1.54) is 24.0 Å². The van der Waals surface area contributed by atoms with E-state index in [2.05, 4.69) is 42.3 Å². The molecular weight excluding hydrogens is 312 g/mol. The summed E-state index contributed by atoms with van der Waals surface area (Å²) >= 11 is 0. The molecule has 1 aliphatic carbocycles. The topological polar surface area (TPSA) is 50.3 Å². The number of anilines is 2. The van der Waals surface area contributed by atoms with Gasteiger partial charge in [0.25, 0.3) is 0 Å². The van der Waals surface area contributed by atoms with Crippen LogP contribution >= 0.6 is 0 Å². The van der Waals surface area contributed by atoms with Gasteiger partial charge in [0.2, 0.25) is 0 Å². The number of rotatable bonds is 5. The third-order valence-corrected chi connectivity index (χ3v) is 4.93. The number of fused-ring (bicyclic) bond motifs is 1. The Balaban J connectivity index is 1.61. The zero-order valence-electron chi connectivity index (χ0n) is 15.2. The van der Waals surface area contributed by atoms with Crippen molar-refractivity contribution in [2.24, 2.45) is 0 Å². The summed E-state index contributed by atoms with van der Waals surface area (Å²) in [5, 5.41) is 3.53. The molecule has 0 spiro atoms. The first-order valence-corrected chi connectivity index (χ1v) is 9.18. The third kappa shape index (κ3) is 3.55. The number of hydrogen-bond donors (Lipinski definition) is 1. The van der Waals surface area contributed by atoms with Gasteiger partial charge in [-0.1, -0.05) is 19.9 Å². The number of nitrogens with one attached hydrogen (secondary N) is 1. The zero-order chi connectivity index (χ0) is 17.4. The average molecular weight is 338 g/mol.